The van der Waals surface area contributed by atoms with Crippen molar-refractivity contribution in [2.75, 3.05) is 0 Å². The Morgan fingerprint density at radius 2 is 2.29 bits per heavy atom. The third-order valence-corrected chi connectivity index (χ3v) is 2.98. The molecule has 2 unspecified atom stereocenters. The standard InChI is InChI=1S/C12H12NO3P/c14-12-7-10(13-15)6-9(12)4-8-2-1-3-11(5-8)16-17/h1-3,5-6,10H,4,7,17H2. The van der Waals surface area contributed by atoms with Crippen LogP contribution >= 0.6 is 9.47 Å². The number of rotatable bonds is 4. The number of nitrogens with zero attached hydrogens (tertiary/aromatic N) is 1. The molecule has 88 valence electrons. The van der Waals surface area contributed by atoms with Crippen molar-refractivity contribution in [3.63, 3.8) is 0 Å². The van der Waals surface area contributed by atoms with Crippen LogP contribution in [0.15, 0.2) is 41.1 Å². The topological polar surface area (TPSA) is 55.7 Å². The van der Waals surface area contributed by atoms with Gasteiger partial charge in [-0.05, 0) is 29.3 Å². The summed E-state index contributed by atoms with van der Waals surface area (Å²) in [4.78, 5) is 22.0. The summed E-state index contributed by atoms with van der Waals surface area (Å²) < 4.78 is 5.03. The van der Waals surface area contributed by atoms with Gasteiger partial charge in [0.1, 0.15) is 11.8 Å². The normalized spacial score (nSPS) is 19.0. The number of carbonyl (C=O) groups is 1. The van der Waals surface area contributed by atoms with Crippen molar-refractivity contribution in [2.45, 2.75) is 18.9 Å². The predicted molar refractivity (Wildman–Crippen MR) is 67.8 cm³/mol. The Morgan fingerprint density at radius 1 is 1.47 bits per heavy atom. The van der Waals surface area contributed by atoms with Crippen molar-refractivity contribution in [3.05, 3.63) is 46.4 Å². The van der Waals surface area contributed by atoms with E-state index in [1.54, 1.807) is 6.08 Å². The number of hydrogen-bond donors (Lipinski definition) is 0. The van der Waals surface area contributed by atoms with Crippen molar-refractivity contribution in [1.82, 2.24) is 0 Å². The summed E-state index contributed by atoms with van der Waals surface area (Å²) in [5, 5.41) is 2.89. The molecule has 0 fully saturated rings. The van der Waals surface area contributed by atoms with E-state index in [1.165, 1.54) is 0 Å². The number of carbonyl (C=O) groups excluding carboxylic acids is 1. The Bertz CT molecular complexity index is 484. The van der Waals surface area contributed by atoms with Crippen molar-refractivity contribution < 1.29 is 9.32 Å². The molecule has 0 saturated carbocycles. The number of allylic oxidation sites excluding steroid dienone is 1. The van der Waals surface area contributed by atoms with Crippen LogP contribution in [0.3, 0.4) is 0 Å². The first kappa shape index (κ1) is 11.9. The zero-order valence-corrected chi connectivity index (χ0v) is 10.3. The molecule has 4 nitrogen and oxygen atoms in total. The van der Waals surface area contributed by atoms with Crippen LogP contribution in [0.25, 0.3) is 0 Å². The molecule has 0 N–H and O–H groups in total. The van der Waals surface area contributed by atoms with Crippen LogP contribution in [0.2, 0.25) is 0 Å². The van der Waals surface area contributed by atoms with E-state index in [0.29, 0.717) is 12.0 Å². The molecule has 1 aromatic carbocycles. The molecule has 17 heavy (non-hydrogen) atoms. The highest BCUT2D eigenvalue weighted by Crippen LogP contribution is 2.23. The molecule has 5 heteroatoms. The van der Waals surface area contributed by atoms with Crippen LogP contribution in [-0.4, -0.2) is 11.8 Å². The fourth-order valence-electron chi connectivity index (χ4n) is 1.88. The maximum absolute atomic E-state index is 11.6. The summed E-state index contributed by atoms with van der Waals surface area (Å²) in [5.74, 6) is 0.732. The van der Waals surface area contributed by atoms with Gasteiger partial charge in [0.15, 0.2) is 5.78 Å². The van der Waals surface area contributed by atoms with Gasteiger partial charge >= 0.3 is 0 Å². The van der Waals surface area contributed by atoms with E-state index in [2.05, 4.69) is 14.6 Å². The average Bonchev–Trinajstić information content (AvgIpc) is 2.70. The summed E-state index contributed by atoms with van der Waals surface area (Å²) in [6.45, 7) is 0. The summed E-state index contributed by atoms with van der Waals surface area (Å²) in [7, 11) is 2.18. The molecule has 2 rings (SSSR count). The monoisotopic (exact) mass is 249 g/mol. The van der Waals surface area contributed by atoms with Gasteiger partial charge in [0, 0.05) is 12.8 Å². The largest absolute Gasteiger partial charge is 0.480 e. The highest BCUT2D eigenvalue weighted by molar-refractivity contribution is 7.10. The van der Waals surface area contributed by atoms with Gasteiger partial charge in [-0.2, -0.15) is 4.91 Å². The Hall–Kier alpha value is -1.54. The lowest BCUT2D eigenvalue weighted by Gasteiger charge is -2.04. The second-order valence-electron chi connectivity index (χ2n) is 3.93. The van der Waals surface area contributed by atoms with E-state index >= 15 is 0 Å². The van der Waals surface area contributed by atoms with E-state index in [-0.39, 0.29) is 12.2 Å². The number of Topliss-reactive ketones (excluding diaryl/α,β-unsaturated/α-hetero) is 1. The minimum Gasteiger partial charge on any atom is -0.480 e. The lowest BCUT2D eigenvalue weighted by molar-refractivity contribution is -0.115. The summed E-state index contributed by atoms with van der Waals surface area (Å²) in [6.07, 6.45) is 2.38. The first-order chi connectivity index (χ1) is 8.22. The van der Waals surface area contributed by atoms with Crippen molar-refractivity contribution in [1.29, 1.82) is 0 Å². The van der Waals surface area contributed by atoms with E-state index < -0.39 is 6.04 Å². The maximum atomic E-state index is 11.6. The SMILES string of the molecule is O=NC1C=C(Cc2cccc(OP)c2)C(=O)C1. The zero-order chi connectivity index (χ0) is 12.3. The molecular weight excluding hydrogens is 237 g/mol. The number of hydrogen-bond acceptors (Lipinski definition) is 4. The highest BCUT2D eigenvalue weighted by Gasteiger charge is 2.24. The Labute approximate surface area is 101 Å². The Kier molecular flexibility index (Phi) is 3.64. The number of nitroso groups, excluding NO2 is 1. The van der Waals surface area contributed by atoms with Gasteiger partial charge in [0.2, 0.25) is 0 Å². The van der Waals surface area contributed by atoms with Gasteiger partial charge in [-0.15, -0.1) is 0 Å². The lowest BCUT2D eigenvalue weighted by atomic mass is 10.0. The minimum absolute atomic E-state index is 0.00629. The highest BCUT2D eigenvalue weighted by atomic mass is 31.0. The molecule has 0 aliphatic heterocycles. The molecule has 0 spiro atoms. The second kappa shape index (κ2) is 5.19. The summed E-state index contributed by atoms with van der Waals surface area (Å²) in [5.41, 5.74) is 1.65. The van der Waals surface area contributed by atoms with Crippen LogP contribution < -0.4 is 4.52 Å². The maximum Gasteiger partial charge on any atom is 0.161 e. The molecule has 0 heterocycles. The molecule has 0 saturated heterocycles. The van der Waals surface area contributed by atoms with Gasteiger partial charge in [0.05, 0.1) is 9.47 Å². The predicted octanol–water partition coefficient (Wildman–Crippen LogP) is 2.43. The van der Waals surface area contributed by atoms with Crippen molar-refractivity contribution >= 4 is 15.2 Å². The van der Waals surface area contributed by atoms with E-state index in [0.717, 1.165) is 11.3 Å². The quantitative estimate of drug-likeness (QED) is 0.608. The molecule has 2 atom stereocenters. The van der Waals surface area contributed by atoms with Gasteiger partial charge < -0.3 is 4.52 Å². The van der Waals surface area contributed by atoms with E-state index in [9.17, 15) is 9.70 Å². The zero-order valence-electron chi connectivity index (χ0n) is 9.13. The first-order valence-electron chi connectivity index (χ1n) is 5.25. The van der Waals surface area contributed by atoms with Gasteiger partial charge in [-0.1, -0.05) is 17.3 Å². The van der Waals surface area contributed by atoms with Crippen molar-refractivity contribution in [2.24, 2.45) is 5.18 Å². The van der Waals surface area contributed by atoms with E-state index in [1.807, 2.05) is 24.3 Å². The Morgan fingerprint density at radius 3 is 2.94 bits per heavy atom. The smallest absolute Gasteiger partial charge is 0.161 e. The number of benzene rings is 1. The van der Waals surface area contributed by atoms with Crippen molar-refractivity contribution in [3.8, 4) is 5.75 Å². The molecule has 0 amide bonds. The van der Waals surface area contributed by atoms with Gasteiger partial charge in [-0.25, -0.2) is 0 Å². The third-order valence-electron chi connectivity index (χ3n) is 2.71. The summed E-state index contributed by atoms with van der Waals surface area (Å²) in [6, 6.07) is 6.99. The minimum atomic E-state index is -0.487. The number of ketones is 1. The fraction of sp³-hybridized carbons (Fsp3) is 0.250. The molecule has 0 radical (unpaired) electrons. The molecule has 1 aromatic rings. The molecular formula is C12H12NO3P. The van der Waals surface area contributed by atoms with Crippen LogP contribution in [0.4, 0.5) is 0 Å². The third kappa shape index (κ3) is 2.77. The Balaban J connectivity index is 2.15. The van der Waals surface area contributed by atoms with Crippen LogP contribution in [0.5, 0.6) is 5.75 Å². The first-order valence-corrected chi connectivity index (χ1v) is 5.72. The van der Waals surface area contributed by atoms with Gasteiger partial charge in [-0.3, -0.25) is 4.79 Å². The molecule has 1 aliphatic carbocycles. The fourth-order valence-corrected chi connectivity index (χ4v) is 2.03. The lowest BCUT2D eigenvalue weighted by Crippen LogP contribution is -2.01. The van der Waals surface area contributed by atoms with E-state index in [4.69, 9.17) is 4.52 Å². The molecule has 0 bridgehead atoms. The molecule has 1 aliphatic rings. The van der Waals surface area contributed by atoms with Crippen LogP contribution in [0, 0.1) is 4.91 Å². The van der Waals surface area contributed by atoms with Gasteiger partial charge in [0.25, 0.3) is 0 Å². The molecule has 0 aromatic heterocycles. The average molecular weight is 249 g/mol. The van der Waals surface area contributed by atoms with Crippen LogP contribution in [0.1, 0.15) is 12.0 Å². The summed E-state index contributed by atoms with van der Waals surface area (Å²) >= 11 is 0. The van der Waals surface area contributed by atoms with Crippen LogP contribution in [-0.2, 0) is 11.2 Å². The second-order valence-corrected chi connectivity index (χ2v) is 4.17.